The topological polar surface area (TPSA) is 44.8 Å². The maximum Gasteiger partial charge on any atom is 0.202 e. The van der Waals surface area contributed by atoms with Crippen LogP contribution in [0.25, 0.3) is 0 Å². The smallest absolute Gasteiger partial charge is 0.202 e. The fourth-order valence-corrected chi connectivity index (χ4v) is 1.41. The van der Waals surface area contributed by atoms with Crippen molar-refractivity contribution in [1.82, 2.24) is 0 Å². The molecule has 15 heavy (non-hydrogen) atoms. The highest BCUT2D eigenvalue weighted by molar-refractivity contribution is 5.85. The van der Waals surface area contributed by atoms with E-state index >= 15 is 0 Å². The average Bonchev–Trinajstić information content (AvgIpc) is 2.29. The Morgan fingerprint density at radius 3 is 2.93 bits per heavy atom. The van der Waals surface area contributed by atoms with Gasteiger partial charge in [-0.2, -0.15) is 0 Å². The van der Waals surface area contributed by atoms with Crippen molar-refractivity contribution in [3.63, 3.8) is 0 Å². The monoisotopic (exact) mass is 208 g/mol. The Morgan fingerprint density at radius 2 is 2.20 bits per heavy atom. The first kappa shape index (κ1) is 9.98. The molecular weight excluding hydrogens is 196 g/mol. The molecule has 80 valence electrons. The van der Waals surface area contributed by atoms with Gasteiger partial charge >= 0.3 is 0 Å². The quantitative estimate of drug-likeness (QED) is 0.744. The molecule has 0 saturated heterocycles. The molecule has 1 aliphatic heterocycles. The van der Waals surface area contributed by atoms with Crippen molar-refractivity contribution in [2.45, 2.75) is 6.10 Å². The van der Waals surface area contributed by atoms with E-state index in [1.54, 1.807) is 6.07 Å². The number of hydrogen-bond donors (Lipinski definition) is 0. The van der Waals surface area contributed by atoms with E-state index in [9.17, 15) is 4.79 Å². The van der Waals surface area contributed by atoms with Gasteiger partial charge in [0.1, 0.15) is 13.2 Å². The van der Waals surface area contributed by atoms with Gasteiger partial charge in [0.05, 0.1) is 0 Å². The summed E-state index contributed by atoms with van der Waals surface area (Å²) in [6, 6.07) is 7.29. The molecule has 0 saturated carbocycles. The molecule has 2 rings (SSSR count). The molecular formula is C11H12O4. The van der Waals surface area contributed by atoms with Crippen molar-refractivity contribution in [3.8, 4) is 11.5 Å². The molecule has 0 amide bonds. The minimum Gasteiger partial charge on any atom is -0.485 e. The third-order valence-electron chi connectivity index (χ3n) is 2.15. The van der Waals surface area contributed by atoms with Crippen LogP contribution in [0.3, 0.4) is 0 Å². The Balaban J connectivity index is 2.08. The van der Waals surface area contributed by atoms with E-state index in [-0.39, 0.29) is 19.0 Å². The van der Waals surface area contributed by atoms with Gasteiger partial charge in [-0.3, -0.25) is 4.79 Å². The van der Waals surface area contributed by atoms with E-state index in [0.29, 0.717) is 11.5 Å². The molecule has 0 radical (unpaired) electrons. The molecule has 1 aromatic carbocycles. The molecule has 0 fully saturated rings. The lowest BCUT2D eigenvalue weighted by Crippen LogP contribution is -2.38. The maximum absolute atomic E-state index is 11.5. The van der Waals surface area contributed by atoms with Crippen LogP contribution in [0.5, 0.6) is 11.5 Å². The summed E-state index contributed by atoms with van der Waals surface area (Å²) in [4.78, 5) is 11.5. The number of carbonyl (C=O) groups excluding carboxylic acids is 1. The van der Waals surface area contributed by atoms with Gasteiger partial charge in [-0.1, -0.05) is 12.1 Å². The summed E-state index contributed by atoms with van der Waals surface area (Å²) in [5.74, 6) is 1.18. The fraction of sp³-hybridized carbons (Fsp3) is 0.364. The van der Waals surface area contributed by atoms with Gasteiger partial charge in [0.2, 0.25) is 5.78 Å². The van der Waals surface area contributed by atoms with Gasteiger partial charge in [-0.15, -0.1) is 0 Å². The van der Waals surface area contributed by atoms with Crippen LogP contribution in [0.4, 0.5) is 0 Å². The second-order valence-corrected chi connectivity index (χ2v) is 3.26. The van der Waals surface area contributed by atoms with Crippen LogP contribution >= 0.6 is 0 Å². The van der Waals surface area contributed by atoms with Crippen molar-refractivity contribution in [3.05, 3.63) is 24.3 Å². The zero-order valence-corrected chi connectivity index (χ0v) is 8.43. The van der Waals surface area contributed by atoms with Gasteiger partial charge in [-0.25, -0.2) is 0 Å². The number of fused-ring (bicyclic) bond motifs is 1. The van der Waals surface area contributed by atoms with Crippen molar-refractivity contribution in [2.75, 3.05) is 20.3 Å². The largest absolute Gasteiger partial charge is 0.485 e. The third-order valence-corrected chi connectivity index (χ3v) is 2.15. The predicted octanol–water partition coefficient (Wildman–Crippen LogP) is 1.04. The normalized spacial score (nSPS) is 18.6. The van der Waals surface area contributed by atoms with Crippen molar-refractivity contribution >= 4 is 5.78 Å². The lowest BCUT2D eigenvalue weighted by Gasteiger charge is -2.25. The number of ketones is 1. The molecule has 0 N–H and O–H groups in total. The third kappa shape index (κ3) is 2.10. The van der Waals surface area contributed by atoms with Gasteiger partial charge in [0, 0.05) is 7.11 Å². The molecule has 0 spiro atoms. The van der Waals surface area contributed by atoms with E-state index in [0.717, 1.165) is 0 Å². The van der Waals surface area contributed by atoms with E-state index in [1.165, 1.54) is 7.11 Å². The van der Waals surface area contributed by atoms with E-state index < -0.39 is 6.10 Å². The number of benzene rings is 1. The SMILES string of the molecule is COCC(=O)C1COc2ccccc2O1. The fourth-order valence-electron chi connectivity index (χ4n) is 1.41. The first-order chi connectivity index (χ1) is 7.31. The number of carbonyl (C=O) groups is 1. The molecule has 0 aliphatic carbocycles. The van der Waals surface area contributed by atoms with Crippen molar-refractivity contribution in [2.24, 2.45) is 0 Å². The van der Waals surface area contributed by atoms with Crippen LogP contribution in [0.15, 0.2) is 24.3 Å². The Hall–Kier alpha value is -1.55. The molecule has 4 nitrogen and oxygen atoms in total. The van der Waals surface area contributed by atoms with Gasteiger partial charge < -0.3 is 14.2 Å². The second-order valence-electron chi connectivity index (χ2n) is 3.26. The minimum absolute atomic E-state index is 0.0518. The summed E-state index contributed by atoms with van der Waals surface area (Å²) in [5, 5.41) is 0. The Bertz CT molecular complexity index is 361. The minimum atomic E-state index is -0.556. The molecule has 1 unspecified atom stereocenters. The van der Waals surface area contributed by atoms with Crippen LogP contribution < -0.4 is 9.47 Å². The van der Waals surface area contributed by atoms with Gasteiger partial charge in [0.25, 0.3) is 0 Å². The van der Waals surface area contributed by atoms with E-state index in [2.05, 4.69) is 0 Å². The molecule has 1 atom stereocenters. The first-order valence-corrected chi connectivity index (χ1v) is 4.71. The Morgan fingerprint density at radius 1 is 1.47 bits per heavy atom. The lowest BCUT2D eigenvalue weighted by atomic mass is 10.2. The number of Topliss-reactive ketones (excluding diaryl/α,β-unsaturated/α-hetero) is 1. The van der Waals surface area contributed by atoms with Crippen LogP contribution in [0.1, 0.15) is 0 Å². The predicted molar refractivity (Wildman–Crippen MR) is 53.2 cm³/mol. The molecule has 4 heteroatoms. The number of rotatable bonds is 3. The highest BCUT2D eigenvalue weighted by Crippen LogP contribution is 2.30. The summed E-state index contributed by atoms with van der Waals surface area (Å²) in [7, 11) is 1.48. The Labute approximate surface area is 87.8 Å². The summed E-state index contributed by atoms with van der Waals surface area (Å²) < 4.78 is 15.7. The zero-order valence-electron chi connectivity index (χ0n) is 8.43. The van der Waals surface area contributed by atoms with Crippen LogP contribution in [-0.2, 0) is 9.53 Å². The van der Waals surface area contributed by atoms with E-state index in [1.807, 2.05) is 18.2 Å². The highest BCUT2D eigenvalue weighted by atomic mass is 16.6. The molecule has 1 aliphatic rings. The first-order valence-electron chi connectivity index (χ1n) is 4.71. The lowest BCUT2D eigenvalue weighted by molar-refractivity contribution is -0.131. The van der Waals surface area contributed by atoms with E-state index in [4.69, 9.17) is 14.2 Å². The van der Waals surface area contributed by atoms with Crippen LogP contribution in [0, 0.1) is 0 Å². The van der Waals surface area contributed by atoms with Crippen LogP contribution in [0.2, 0.25) is 0 Å². The molecule has 1 aromatic rings. The number of hydrogen-bond acceptors (Lipinski definition) is 4. The maximum atomic E-state index is 11.5. The summed E-state index contributed by atoms with van der Waals surface area (Å²) in [6.07, 6.45) is -0.556. The van der Waals surface area contributed by atoms with Gasteiger partial charge in [0.15, 0.2) is 17.6 Å². The average molecular weight is 208 g/mol. The second kappa shape index (κ2) is 4.31. The number of para-hydroxylation sites is 2. The summed E-state index contributed by atoms with van der Waals surface area (Å²) >= 11 is 0. The van der Waals surface area contributed by atoms with Crippen LogP contribution in [-0.4, -0.2) is 32.2 Å². The number of methoxy groups -OCH3 is 1. The zero-order chi connectivity index (χ0) is 10.7. The highest BCUT2D eigenvalue weighted by Gasteiger charge is 2.26. The molecule has 0 aromatic heterocycles. The van der Waals surface area contributed by atoms with Crippen molar-refractivity contribution in [1.29, 1.82) is 0 Å². The number of ether oxygens (including phenoxy) is 3. The summed E-state index contributed by atoms with van der Waals surface area (Å²) in [6.45, 7) is 0.301. The standard InChI is InChI=1S/C11H12O4/c1-13-6-8(12)11-7-14-9-4-2-3-5-10(9)15-11/h2-5,11H,6-7H2,1H3. The summed E-state index contributed by atoms with van der Waals surface area (Å²) in [5.41, 5.74) is 0. The van der Waals surface area contributed by atoms with Crippen molar-refractivity contribution < 1.29 is 19.0 Å². The molecule has 1 heterocycles. The Kier molecular flexibility index (Phi) is 2.87. The molecule has 0 bridgehead atoms. The van der Waals surface area contributed by atoms with Gasteiger partial charge in [-0.05, 0) is 12.1 Å².